The second-order valence-electron chi connectivity index (χ2n) is 13.8. The molecule has 2 unspecified atom stereocenters. The number of allylic oxidation sites excluding steroid dienone is 8. The van der Waals surface area contributed by atoms with Crippen LogP contribution < -0.4 is 5.11 Å². The number of likely N-dealkylation sites (N-methyl/N-ethyl adjacent to an activating group) is 1. The molecule has 0 bridgehead atoms. The lowest BCUT2D eigenvalue weighted by molar-refractivity contribution is -0.889. The van der Waals surface area contributed by atoms with E-state index in [0.717, 1.165) is 77.0 Å². The van der Waals surface area contributed by atoms with E-state index in [4.69, 9.17) is 14.2 Å². The van der Waals surface area contributed by atoms with E-state index in [2.05, 4.69) is 50.3 Å². The molecular formula is C41H71NO7. The van der Waals surface area contributed by atoms with Crippen LogP contribution in [-0.4, -0.2) is 75.5 Å². The van der Waals surface area contributed by atoms with Crippen molar-refractivity contribution in [1.29, 1.82) is 0 Å². The predicted octanol–water partition coefficient (Wildman–Crippen LogP) is 8.35. The smallest absolute Gasteiger partial charge is 0.306 e. The maximum atomic E-state index is 12.6. The van der Waals surface area contributed by atoms with Gasteiger partial charge in [0.25, 0.3) is 0 Å². The fraction of sp³-hybridized carbons (Fsp3) is 0.732. The van der Waals surface area contributed by atoms with E-state index in [1.54, 1.807) is 21.1 Å². The van der Waals surface area contributed by atoms with Crippen molar-refractivity contribution < 1.29 is 38.2 Å². The fourth-order valence-corrected chi connectivity index (χ4v) is 5.24. The number of carbonyl (C=O) groups excluding carboxylic acids is 3. The molecule has 0 aliphatic heterocycles. The highest BCUT2D eigenvalue weighted by atomic mass is 16.6. The maximum Gasteiger partial charge on any atom is 0.306 e. The molecule has 0 aromatic rings. The van der Waals surface area contributed by atoms with E-state index in [-0.39, 0.29) is 42.7 Å². The minimum atomic E-state index is -1.13. The number of carboxylic acid groups (broad SMARTS) is 1. The van der Waals surface area contributed by atoms with E-state index < -0.39 is 18.1 Å². The first-order valence-corrected chi connectivity index (χ1v) is 19.2. The molecular weight excluding hydrogens is 618 g/mol. The molecule has 0 fully saturated rings. The van der Waals surface area contributed by atoms with E-state index in [9.17, 15) is 19.5 Å². The zero-order valence-electron chi connectivity index (χ0n) is 31.8. The van der Waals surface area contributed by atoms with Gasteiger partial charge in [-0.25, -0.2) is 0 Å². The van der Waals surface area contributed by atoms with E-state index in [1.165, 1.54) is 32.1 Å². The van der Waals surface area contributed by atoms with Crippen molar-refractivity contribution in [2.75, 3.05) is 41.0 Å². The van der Waals surface area contributed by atoms with Gasteiger partial charge in [-0.05, 0) is 57.8 Å². The summed E-state index contributed by atoms with van der Waals surface area (Å²) in [6.07, 6.45) is 35.6. The van der Waals surface area contributed by atoms with Crippen molar-refractivity contribution in [2.45, 2.75) is 154 Å². The van der Waals surface area contributed by atoms with Crippen molar-refractivity contribution in [1.82, 2.24) is 0 Å². The molecule has 0 aliphatic carbocycles. The van der Waals surface area contributed by atoms with Gasteiger partial charge >= 0.3 is 11.9 Å². The molecule has 0 aromatic carbocycles. The summed E-state index contributed by atoms with van der Waals surface area (Å²) in [6, 6.07) is -0.730. The first kappa shape index (κ1) is 46.3. The SMILES string of the molecule is CC/C=C/C=C/C=C/CCCCCCCC(=O)OC(COCCC(C(=O)[O-])[N+](C)(C)C)COC(=O)CCCCCCC/C=C/CCCCC. The molecule has 0 spiro atoms. The monoisotopic (exact) mass is 690 g/mol. The first-order chi connectivity index (χ1) is 23.6. The lowest BCUT2D eigenvalue weighted by Crippen LogP contribution is -2.55. The van der Waals surface area contributed by atoms with Crippen molar-refractivity contribution in [3.05, 3.63) is 48.6 Å². The normalized spacial score (nSPS) is 13.6. The number of carboxylic acids is 1. The van der Waals surface area contributed by atoms with Crippen LogP contribution in [0.4, 0.5) is 0 Å². The van der Waals surface area contributed by atoms with Gasteiger partial charge in [-0.1, -0.05) is 114 Å². The second kappa shape index (κ2) is 32.5. The lowest BCUT2D eigenvalue weighted by atomic mass is 10.1. The predicted molar refractivity (Wildman–Crippen MR) is 199 cm³/mol. The molecule has 49 heavy (non-hydrogen) atoms. The maximum absolute atomic E-state index is 12.6. The number of hydrogen-bond donors (Lipinski definition) is 0. The van der Waals surface area contributed by atoms with Crippen molar-refractivity contribution >= 4 is 17.9 Å². The third-order valence-corrected chi connectivity index (χ3v) is 8.26. The van der Waals surface area contributed by atoms with E-state index in [0.29, 0.717) is 12.8 Å². The average molecular weight is 690 g/mol. The minimum Gasteiger partial charge on any atom is -0.544 e. The zero-order valence-corrected chi connectivity index (χ0v) is 31.8. The average Bonchev–Trinajstić information content (AvgIpc) is 3.05. The molecule has 282 valence electrons. The van der Waals surface area contributed by atoms with Gasteiger partial charge in [-0.15, -0.1) is 0 Å². The molecule has 0 aliphatic rings. The van der Waals surface area contributed by atoms with Gasteiger partial charge in [0.1, 0.15) is 12.6 Å². The molecule has 0 heterocycles. The Balaban J connectivity index is 4.48. The number of aliphatic carboxylic acids is 1. The van der Waals surface area contributed by atoms with Crippen LogP contribution in [0.15, 0.2) is 48.6 Å². The van der Waals surface area contributed by atoms with Crippen LogP contribution in [0.25, 0.3) is 0 Å². The number of ether oxygens (including phenoxy) is 3. The summed E-state index contributed by atoms with van der Waals surface area (Å²) < 4.78 is 17.0. The minimum absolute atomic E-state index is 0.0284. The van der Waals surface area contributed by atoms with Gasteiger partial charge in [-0.2, -0.15) is 0 Å². The number of esters is 2. The number of carbonyl (C=O) groups is 3. The van der Waals surface area contributed by atoms with E-state index in [1.807, 2.05) is 12.2 Å². The topological polar surface area (TPSA) is 102 Å². The number of unbranched alkanes of at least 4 members (excludes halogenated alkanes) is 13. The highest BCUT2D eigenvalue weighted by Gasteiger charge is 2.25. The Bertz CT molecular complexity index is 948. The van der Waals surface area contributed by atoms with Crippen LogP contribution in [0.5, 0.6) is 0 Å². The Morgan fingerprint density at radius 1 is 0.633 bits per heavy atom. The summed E-state index contributed by atoms with van der Waals surface area (Å²) in [5, 5.41) is 11.6. The number of rotatable bonds is 33. The Morgan fingerprint density at radius 2 is 1.16 bits per heavy atom. The van der Waals surface area contributed by atoms with Gasteiger partial charge in [0.2, 0.25) is 0 Å². The molecule has 0 rings (SSSR count). The van der Waals surface area contributed by atoms with Crippen LogP contribution in [0.2, 0.25) is 0 Å². The van der Waals surface area contributed by atoms with Gasteiger partial charge in [0.15, 0.2) is 6.10 Å². The first-order valence-electron chi connectivity index (χ1n) is 19.2. The molecule has 0 amide bonds. The van der Waals surface area contributed by atoms with Crippen LogP contribution >= 0.6 is 0 Å². The summed E-state index contributed by atoms with van der Waals surface area (Å²) in [6.45, 7) is 4.45. The summed E-state index contributed by atoms with van der Waals surface area (Å²) in [7, 11) is 5.38. The highest BCUT2D eigenvalue weighted by molar-refractivity contribution is 5.70. The number of hydrogen-bond acceptors (Lipinski definition) is 7. The van der Waals surface area contributed by atoms with Crippen LogP contribution in [0.3, 0.4) is 0 Å². The molecule has 0 radical (unpaired) electrons. The molecule has 0 saturated heterocycles. The van der Waals surface area contributed by atoms with Crippen molar-refractivity contribution in [2.24, 2.45) is 0 Å². The largest absolute Gasteiger partial charge is 0.544 e. The quantitative estimate of drug-likeness (QED) is 0.0224. The summed E-state index contributed by atoms with van der Waals surface area (Å²) in [5.41, 5.74) is 0. The van der Waals surface area contributed by atoms with Gasteiger partial charge in [-0.3, -0.25) is 9.59 Å². The molecule has 0 aromatic heterocycles. The van der Waals surface area contributed by atoms with Gasteiger partial charge < -0.3 is 28.6 Å². The molecule has 2 atom stereocenters. The number of quaternary nitrogens is 1. The zero-order chi connectivity index (χ0) is 36.4. The third-order valence-electron chi connectivity index (χ3n) is 8.26. The second-order valence-corrected chi connectivity index (χ2v) is 13.8. The van der Waals surface area contributed by atoms with Crippen molar-refractivity contribution in [3.63, 3.8) is 0 Å². The Labute approximate surface area is 299 Å². The van der Waals surface area contributed by atoms with Gasteiger partial charge in [0.05, 0.1) is 40.3 Å². The third kappa shape index (κ3) is 31.0. The Hall–Kier alpha value is -2.71. The lowest BCUT2D eigenvalue weighted by Gasteiger charge is -2.34. The fourth-order valence-electron chi connectivity index (χ4n) is 5.24. The van der Waals surface area contributed by atoms with Gasteiger partial charge in [0, 0.05) is 19.3 Å². The Morgan fingerprint density at radius 3 is 1.73 bits per heavy atom. The Kier molecular flexibility index (Phi) is 30.7. The molecule has 8 nitrogen and oxygen atoms in total. The standard InChI is InChI=1S/C41H71NO7/c1-6-8-10-12-14-16-18-20-22-24-26-28-30-32-40(44)49-37(35-47-34-33-38(41(45)46)42(3,4)5)36-48-39(43)31-29-27-25-23-21-19-17-15-13-11-9-7-2/h8,10,12,14-18,37-38H,6-7,9,11,13,19-36H2,1-5H3/b10-8+,14-12+,17-15+,18-16+. The summed E-state index contributed by atoms with van der Waals surface area (Å²) >= 11 is 0. The van der Waals surface area contributed by atoms with Crippen LogP contribution in [0, 0.1) is 0 Å². The highest BCUT2D eigenvalue weighted by Crippen LogP contribution is 2.12. The van der Waals surface area contributed by atoms with Crippen LogP contribution in [-0.2, 0) is 28.6 Å². The molecule has 0 N–H and O–H groups in total. The summed E-state index contributed by atoms with van der Waals surface area (Å²) in [4.78, 5) is 36.6. The number of nitrogens with zero attached hydrogens (tertiary/aromatic N) is 1. The summed E-state index contributed by atoms with van der Waals surface area (Å²) in [5.74, 6) is -1.78. The van der Waals surface area contributed by atoms with E-state index >= 15 is 0 Å². The van der Waals surface area contributed by atoms with Crippen LogP contribution in [0.1, 0.15) is 142 Å². The molecule has 0 saturated carbocycles. The molecule has 8 heteroatoms. The van der Waals surface area contributed by atoms with Crippen molar-refractivity contribution in [3.8, 4) is 0 Å².